The first-order valence-electron chi connectivity index (χ1n) is 7.31. The molecule has 0 atom stereocenters. The highest BCUT2D eigenvalue weighted by atomic mass is 35.5. The number of hydrogen-bond donors (Lipinski definition) is 4. The third-order valence-electron chi connectivity index (χ3n) is 3.46. The van der Waals surface area contributed by atoms with Gasteiger partial charge in [-0.15, -0.1) is 0 Å². The number of aliphatic hydroxyl groups is 3. The number of halogens is 3. The van der Waals surface area contributed by atoms with E-state index in [-0.39, 0.29) is 36.3 Å². The maximum absolute atomic E-state index is 8.66. The average Bonchev–Trinajstić information content (AvgIpc) is 2.59. The molecule has 0 spiro atoms. The van der Waals surface area contributed by atoms with Crippen LogP contribution in [0.2, 0.25) is 15.6 Å². The number of nitrogens with one attached hydrogen (secondary N) is 1. The molecule has 0 aliphatic rings. The Bertz CT molecular complexity index is 634. The molecule has 0 saturated carbocycles. The highest BCUT2D eigenvalue weighted by Gasteiger charge is 2.24. The van der Waals surface area contributed by atoms with Crippen molar-refractivity contribution < 1.29 is 15.3 Å². The topological polar surface area (TPSA) is 111 Å². The molecule has 2 rings (SSSR count). The van der Waals surface area contributed by atoms with Gasteiger partial charge in [-0.2, -0.15) is 15.0 Å². The van der Waals surface area contributed by atoms with E-state index in [1.807, 2.05) is 19.1 Å². The van der Waals surface area contributed by atoms with Crippen molar-refractivity contribution in [3.05, 3.63) is 39.9 Å². The zero-order chi connectivity index (χ0) is 18.9. The Morgan fingerprint density at radius 2 is 1.44 bits per heavy atom. The van der Waals surface area contributed by atoms with Crippen molar-refractivity contribution in [1.29, 1.82) is 0 Å². The van der Waals surface area contributed by atoms with Crippen molar-refractivity contribution in [2.45, 2.75) is 13.3 Å². The van der Waals surface area contributed by atoms with E-state index in [4.69, 9.17) is 50.1 Å². The summed E-state index contributed by atoms with van der Waals surface area (Å²) in [6, 6.07) is 7.18. The van der Waals surface area contributed by atoms with Gasteiger partial charge in [-0.05, 0) is 41.8 Å². The minimum absolute atomic E-state index is 0.0227. The first-order valence-corrected chi connectivity index (χ1v) is 8.44. The molecule has 0 aliphatic carbocycles. The predicted molar refractivity (Wildman–Crippen MR) is 98.6 cm³/mol. The first kappa shape index (κ1) is 21.8. The Morgan fingerprint density at radius 1 is 0.920 bits per heavy atom. The molecule has 0 aliphatic heterocycles. The number of nitrogens with zero attached hydrogens (tertiary/aromatic N) is 3. The molecule has 1 heterocycles. The third kappa shape index (κ3) is 6.89. The number of benzene rings is 1. The molecule has 25 heavy (non-hydrogen) atoms. The molecule has 1 aromatic heterocycles. The number of rotatable bonds is 6. The van der Waals surface area contributed by atoms with Crippen LogP contribution in [0.3, 0.4) is 0 Å². The van der Waals surface area contributed by atoms with Gasteiger partial charge >= 0.3 is 0 Å². The molecule has 4 N–H and O–H groups in total. The van der Waals surface area contributed by atoms with Crippen molar-refractivity contribution >= 4 is 46.4 Å². The largest absolute Gasteiger partial charge is 0.396 e. The van der Waals surface area contributed by atoms with E-state index in [1.54, 1.807) is 12.1 Å². The van der Waals surface area contributed by atoms with Crippen molar-refractivity contribution in [3.8, 4) is 0 Å². The second-order valence-corrected chi connectivity index (χ2v) is 6.21. The average molecular weight is 410 g/mol. The van der Waals surface area contributed by atoms with Crippen LogP contribution in [-0.2, 0) is 0 Å². The van der Waals surface area contributed by atoms with Crippen molar-refractivity contribution in [1.82, 2.24) is 15.0 Å². The number of aliphatic hydroxyl groups excluding tert-OH is 3. The molecular weight excluding hydrogens is 391 g/mol. The summed E-state index contributed by atoms with van der Waals surface area (Å²) >= 11 is 17.2. The van der Waals surface area contributed by atoms with E-state index in [0.717, 1.165) is 0 Å². The summed E-state index contributed by atoms with van der Waals surface area (Å²) in [7, 11) is 0. The minimum atomic E-state index is -0.667. The van der Waals surface area contributed by atoms with E-state index in [1.165, 1.54) is 0 Å². The SMILES string of the molecule is CCC(CO)(CO)CO.Clc1nc(Cl)nc(Nc2ccccc2Cl)n1. The standard InChI is InChI=1S/C9H5Cl3N4.C6H14O3/c10-5-3-1-2-4-6(5)13-9-15-7(11)14-8(12)16-9;1-2-6(3-7,4-8)5-9/h1-4H,(H,13,14,15,16);7-9H,2-5H2,1H3. The quantitative estimate of drug-likeness (QED) is 0.580. The molecule has 7 nitrogen and oxygen atoms in total. The van der Waals surface area contributed by atoms with Gasteiger partial charge in [-0.1, -0.05) is 30.7 Å². The van der Waals surface area contributed by atoms with Gasteiger partial charge in [-0.25, -0.2) is 0 Å². The Hall–Kier alpha value is -1.22. The third-order valence-corrected chi connectivity index (χ3v) is 4.13. The predicted octanol–water partition coefficient (Wildman–Crippen LogP) is 2.94. The lowest BCUT2D eigenvalue weighted by atomic mass is 9.88. The van der Waals surface area contributed by atoms with E-state index < -0.39 is 5.41 Å². The zero-order valence-corrected chi connectivity index (χ0v) is 15.7. The van der Waals surface area contributed by atoms with Crippen LogP contribution in [0.4, 0.5) is 11.6 Å². The summed E-state index contributed by atoms with van der Waals surface area (Å²) in [6.45, 7) is 1.35. The molecular formula is C15H19Cl3N4O3. The minimum Gasteiger partial charge on any atom is -0.396 e. The molecule has 0 unspecified atom stereocenters. The van der Waals surface area contributed by atoms with E-state index >= 15 is 0 Å². The summed E-state index contributed by atoms with van der Waals surface area (Å²) in [5, 5.41) is 29.5. The summed E-state index contributed by atoms with van der Waals surface area (Å²) in [6.07, 6.45) is 0.594. The summed E-state index contributed by atoms with van der Waals surface area (Å²) in [5.41, 5.74) is 0.00231. The zero-order valence-electron chi connectivity index (χ0n) is 13.5. The van der Waals surface area contributed by atoms with Crippen molar-refractivity contribution in [2.75, 3.05) is 25.1 Å². The molecule has 0 saturated heterocycles. The van der Waals surface area contributed by atoms with Crippen LogP contribution in [0, 0.1) is 5.41 Å². The fourth-order valence-electron chi connectivity index (χ4n) is 1.55. The van der Waals surface area contributed by atoms with Gasteiger partial charge < -0.3 is 20.6 Å². The second kappa shape index (κ2) is 10.7. The van der Waals surface area contributed by atoms with E-state index in [0.29, 0.717) is 17.1 Å². The van der Waals surface area contributed by atoms with Crippen LogP contribution in [-0.4, -0.2) is 50.1 Å². The molecule has 138 valence electrons. The van der Waals surface area contributed by atoms with Gasteiger partial charge in [0.05, 0.1) is 30.5 Å². The molecule has 10 heteroatoms. The van der Waals surface area contributed by atoms with Gasteiger partial charge in [0.1, 0.15) is 0 Å². The van der Waals surface area contributed by atoms with Crippen LogP contribution < -0.4 is 5.32 Å². The first-order chi connectivity index (χ1) is 11.9. The summed E-state index contributed by atoms with van der Waals surface area (Å²) in [5.74, 6) is 0.248. The Kier molecular flexibility index (Phi) is 9.34. The molecule has 0 fully saturated rings. The number of aromatic nitrogens is 3. The number of para-hydroxylation sites is 1. The fraction of sp³-hybridized carbons (Fsp3) is 0.400. The Morgan fingerprint density at radius 3 is 1.84 bits per heavy atom. The lowest BCUT2D eigenvalue weighted by Gasteiger charge is -2.24. The van der Waals surface area contributed by atoms with Crippen LogP contribution in [0.15, 0.2) is 24.3 Å². The lowest BCUT2D eigenvalue weighted by Crippen LogP contribution is -2.32. The van der Waals surface area contributed by atoms with Gasteiger partial charge in [0, 0.05) is 5.41 Å². The molecule has 2 aromatic rings. The van der Waals surface area contributed by atoms with Crippen molar-refractivity contribution in [2.24, 2.45) is 5.41 Å². The van der Waals surface area contributed by atoms with Gasteiger partial charge in [0.2, 0.25) is 16.5 Å². The van der Waals surface area contributed by atoms with Crippen LogP contribution >= 0.6 is 34.8 Å². The maximum atomic E-state index is 8.66. The highest BCUT2D eigenvalue weighted by molar-refractivity contribution is 6.33. The van der Waals surface area contributed by atoms with E-state index in [9.17, 15) is 0 Å². The van der Waals surface area contributed by atoms with Crippen LogP contribution in [0.1, 0.15) is 13.3 Å². The Balaban J connectivity index is 0.000000299. The number of anilines is 2. The number of hydrogen-bond acceptors (Lipinski definition) is 7. The maximum Gasteiger partial charge on any atom is 0.232 e. The normalized spacial score (nSPS) is 10.8. The molecule has 0 bridgehead atoms. The molecule has 0 amide bonds. The molecule has 1 aromatic carbocycles. The fourth-order valence-corrected chi connectivity index (χ4v) is 2.10. The smallest absolute Gasteiger partial charge is 0.232 e. The highest BCUT2D eigenvalue weighted by Crippen LogP contribution is 2.23. The monoisotopic (exact) mass is 408 g/mol. The van der Waals surface area contributed by atoms with Gasteiger partial charge in [-0.3, -0.25) is 0 Å². The van der Waals surface area contributed by atoms with Gasteiger partial charge in [0.25, 0.3) is 0 Å². The van der Waals surface area contributed by atoms with Crippen LogP contribution in [0.5, 0.6) is 0 Å². The summed E-state index contributed by atoms with van der Waals surface area (Å²) < 4.78 is 0. The van der Waals surface area contributed by atoms with Crippen molar-refractivity contribution in [3.63, 3.8) is 0 Å². The van der Waals surface area contributed by atoms with E-state index in [2.05, 4.69) is 20.3 Å². The summed E-state index contributed by atoms with van der Waals surface area (Å²) in [4.78, 5) is 11.4. The van der Waals surface area contributed by atoms with Crippen LogP contribution in [0.25, 0.3) is 0 Å². The molecule has 0 radical (unpaired) electrons. The second-order valence-electron chi connectivity index (χ2n) is 5.13. The Labute approximate surface area is 160 Å². The van der Waals surface area contributed by atoms with Gasteiger partial charge in [0.15, 0.2) is 0 Å². The lowest BCUT2D eigenvalue weighted by molar-refractivity contribution is 0.00304.